The Labute approximate surface area is 157 Å². The Kier molecular flexibility index (Phi) is 4.08. The van der Waals surface area contributed by atoms with Crippen LogP contribution in [0.25, 0.3) is 0 Å². The topological polar surface area (TPSA) is 46.5 Å². The molecule has 0 saturated heterocycles. The monoisotopic (exact) mass is 356 g/mol. The van der Waals surface area contributed by atoms with Gasteiger partial charge in [-0.1, -0.05) is 31.4 Å². The summed E-state index contributed by atoms with van der Waals surface area (Å²) < 4.78 is 5.51. The molecule has 1 N–H and O–H groups in total. The van der Waals surface area contributed by atoms with Gasteiger partial charge in [-0.15, -0.1) is 6.42 Å². The van der Waals surface area contributed by atoms with E-state index in [-0.39, 0.29) is 22.9 Å². The van der Waals surface area contributed by atoms with Crippen LogP contribution in [0, 0.1) is 40.9 Å². The minimum absolute atomic E-state index is 0.0512. The molecule has 0 aromatic rings. The number of hydrogen-bond donors (Lipinski definition) is 1. The van der Waals surface area contributed by atoms with Crippen molar-refractivity contribution in [2.75, 3.05) is 0 Å². The Morgan fingerprint density at radius 1 is 1.23 bits per heavy atom. The van der Waals surface area contributed by atoms with E-state index in [0.717, 1.165) is 51.4 Å². The van der Waals surface area contributed by atoms with Crippen LogP contribution in [-0.2, 0) is 9.53 Å². The van der Waals surface area contributed by atoms with Gasteiger partial charge in [0.05, 0.1) is 0 Å². The molecule has 0 bridgehead atoms. The number of esters is 1. The van der Waals surface area contributed by atoms with Crippen molar-refractivity contribution < 1.29 is 14.6 Å². The minimum atomic E-state index is -0.930. The SMILES string of the molecule is C#C[C@]1(O)CC[C@@H]2[C@@H]3CC=C4C[C@@H](OC(C)=O)CC[C@@]4(C)[C@@H]3CC[C@]21C. The average Bonchev–Trinajstić information content (AvgIpc) is 2.87. The van der Waals surface area contributed by atoms with Crippen LogP contribution in [0.4, 0.5) is 0 Å². The van der Waals surface area contributed by atoms with Gasteiger partial charge in [-0.2, -0.15) is 0 Å². The van der Waals surface area contributed by atoms with E-state index < -0.39 is 5.60 Å². The first kappa shape index (κ1) is 18.1. The summed E-state index contributed by atoms with van der Waals surface area (Å²) in [5, 5.41) is 11.1. The Balaban J connectivity index is 1.61. The summed E-state index contributed by atoms with van der Waals surface area (Å²) in [4.78, 5) is 11.3. The van der Waals surface area contributed by atoms with Crippen molar-refractivity contribution >= 4 is 5.97 Å². The molecule has 0 aromatic heterocycles. The minimum Gasteiger partial charge on any atom is -0.462 e. The lowest BCUT2D eigenvalue weighted by Gasteiger charge is -2.58. The van der Waals surface area contributed by atoms with Crippen molar-refractivity contribution in [3.8, 4) is 12.3 Å². The van der Waals surface area contributed by atoms with Crippen molar-refractivity contribution in [2.45, 2.75) is 83.8 Å². The Morgan fingerprint density at radius 3 is 2.65 bits per heavy atom. The zero-order chi connectivity index (χ0) is 18.7. The third kappa shape index (κ3) is 2.34. The number of hydrogen-bond acceptors (Lipinski definition) is 3. The van der Waals surface area contributed by atoms with Crippen molar-refractivity contribution in [1.29, 1.82) is 0 Å². The van der Waals surface area contributed by atoms with Crippen LogP contribution < -0.4 is 0 Å². The molecule has 0 heterocycles. The molecule has 0 radical (unpaired) electrons. The predicted octanol–water partition coefficient (Wildman–Crippen LogP) is 4.25. The van der Waals surface area contributed by atoms with Crippen LogP contribution in [0.1, 0.15) is 72.1 Å². The summed E-state index contributed by atoms with van der Waals surface area (Å²) in [5.41, 5.74) is 0.655. The molecular formula is C23H32O3. The fourth-order valence-corrected chi connectivity index (χ4v) is 7.22. The van der Waals surface area contributed by atoms with Gasteiger partial charge < -0.3 is 9.84 Å². The van der Waals surface area contributed by atoms with Crippen molar-refractivity contribution in [3.63, 3.8) is 0 Å². The van der Waals surface area contributed by atoms with Gasteiger partial charge in [0.2, 0.25) is 0 Å². The normalized spacial score (nSPS) is 49.9. The van der Waals surface area contributed by atoms with Crippen LogP contribution in [0.15, 0.2) is 11.6 Å². The van der Waals surface area contributed by atoms with Gasteiger partial charge in [0.15, 0.2) is 0 Å². The predicted molar refractivity (Wildman–Crippen MR) is 101 cm³/mol. The lowest BCUT2D eigenvalue weighted by Crippen LogP contribution is -2.54. The fourth-order valence-electron chi connectivity index (χ4n) is 7.22. The first-order chi connectivity index (χ1) is 12.2. The number of allylic oxidation sites excluding steroid dienone is 1. The third-order valence-electron chi connectivity index (χ3n) is 8.78. The zero-order valence-electron chi connectivity index (χ0n) is 16.4. The summed E-state index contributed by atoms with van der Waals surface area (Å²) in [7, 11) is 0. The van der Waals surface area contributed by atoms with E-state index >= 15 is 0 Å². The molecule has 4 aliphatic rings. The van der Waals surface area contributed by atoms with Crippen LogP contribution in [0.3, 0.4) is 0 Å². The van der Waals surface area contributed by atoms with Gasteiger partial charge in [0, 0.05) is 18.8 Å². The number of ether oxygens (including phenoxy) is 1. The number of terminal acetylenes is 1. The molecule has 0 unspecified atom stereocenters. The maximum Gasteiger partial charge on any atom is 0.302 e. The molecule has 0 amide bonds. The number of fused-ring (bicyclic) bond motifs is 5. The molecule has 0 aromatic carbocycles. The summed E-state index contributed by atoms with van der Waals surface area (Å²) in [5.74, 6) is 4.39. The highest BCUT2D eigenvalue weighted by atomic mass is 16.5. The summed E-state index contributed by atoms with van der Waals surface area (Å²) in [6.07, 6.45) is 16.3. The molecule has 4 aliphatic carbocycles. The highest BCUT2D eigenvalue weighted by Gasteiger charge is 2.63. The van der Waals surface area contributed by atoms with Gasteiger partial charge in [-0.05, 0) is 68.1 Å². The highest BCUT2D eigenvalue weighted by molar-refractivity contribution is 5.66. The molecule has 26 heavy (non-hydrogen) atoms. The number of aliphatic hydroxyl groups is 1. The maximum atomic E-state index is 11.3. The molecule has 0 aliphatic heterocycles. The van der Waals surface area contributed by atoms with Gasteiger partial charge in [-0.3, -0.25) is 4.79 Å². The number of carbonyl (C=O) groups excluding carboxylic acids is 1. The maximum absolute atomic E-state index is 11.3. The Hall–Kier alpha value is -1.27. The lowest BCUT2D eigenvalue weighted by molar-refractivity contribution is -0.149. The Morgan fingerprint density at radius 2 is 1.96 bits per heavy atom. The quantitative estimate of drug-likeness (QED) is 0.434. The molecular weight excluding hydrogens is 324 g/mol. The van der Waals surface area contributed by atoms with Crippen molar-refractivity contribution in [2.24, 2.45) is 28.6 Å². The van der Waals surface area contributed by atoms with E-state index in [9.17, 15) is 9.90 Å². The first-order valence-electron chi connectivity index (χ1n) is 10.3. The second kappa shape index (κ2) is 5.86. The van der Waals surface area contributed by atoms with E-state index in [1.807, 2.05) is 0 Å². The summed E-state index contributed by atoms with van der Waals surface area (Å²) in [6.45, 7) is 6.18. The molecule has 3 saturated carbocycles. The van der Waals surface area contributed by atoms with E-state index in [1.54, 1.807) is 0 Å². The van der Waals surface area contributed by atoms with Crippen LogP contribution in [0.5, 0.6) is 0 Å². The number of rotatable bonds is 1. The summed E-state index contributed by atoms with van der Waals surface area (Å²) in [6, 6.07) is 0. The molecule has 7 atom stereocenters. The zero-order valence-corrected chi connectivity index (χ0v) is 16.4. The lowest BCUT2D eigenvalue weighted by atomic mass is 9.47. The number of carbonyl (C=O) groups is 1. The first-order valence-corrected chi connectivity index (χ1v) is 10.3. The molecule has 3 nitrogen and oxygen atoms in total. The Bertz CT molecular complexity index is 688. The standard InChI is InChI=1S/C23H32O3/c1-5-23(25)13-10-20-18-7-6-16-14-17(26-15(2)24)8-11-21(16,3)19(18)9-12-22(20,23)4/h1,6,17-20,25H,7-14H2,2-4H3/t17-,18+,19+,20+,21+,22+,23-/m0/s1. The van der Waals surface area contributed by atoms with Gasteiger partial charge >= 0.3 is 5.97 Å². The molecule has 4 rings (SSSR count). The van der Waals surface area contributed by atoms with E-state index in [0.29, 0.717) is 17.8 Å². The second-order valence-electron chi connectivity index (χ2n) is 9.73. The molecule has 0 spiro atoms. The van der Waals surface area contributed by atoms with Crippen molar-refractivity contribution in [1.82, 2.24) is 0 Å². The largest absolute Gasteiger partial charge is 0.462 e. The molecule has 142 valence electrons. The van der Waals surface area contributed by atoms with Gasteiger partial charge in [0.1, 0.15) is 11.7 Å². The van der Waals surface area contributed by atoms with Crippen molar-refractivity contribution in [3.05, 3.63) is 11.6 Å². The highest BCUT2D eigenvalue weighted by Crippen LogP contribution is 2.67. The van der Waals surface area contributed by atoms with E-state index in [4.69, 9.17) is 11.2 Å². The second-order valence-corrected chi connectivity index (χ2v) is 9.73. The van der Waals surface area contributed by atoms with Gasteiger partial charge in [-0.25, -0.2) is 0 Å². The smallest absolute Gasteiger partial charge is 0.302 e. The third-order valence-corrected chi connectivity index (χ3v) is 8.78. The molecule has 3 heteroatoms. The van der Waals surface area contributed by atoms with Crippen LogP contribution >= 0.6 is 0 Å². The molecule has 3 fully saturated rings. The summed E-state index contributed by atoms with van der Waals surface area (Å²) >= 11 is 0. The fraction of sp³-hybridized carbons (Fsp3) is 0.783. The van der Waals surface area contributed by atoms with Crippen LogP contribution in [0.2, 0.25) is 0 Å². The van der Waals surface area contributed by atoms with Gasteiger partial charge in [0.25, 0.3) is 0 Å². The van der Waals surface area contributed by atoms with E-state index in [2.05, 4.69) is 25.8 Å². The van der Waals surface area contributed by atoms with E-state index in [1.165, 1.54) is 12.5 Å². The average molecular weight is 357 g/mol. The van der Waals surface area contributed by atoms with Crippen LogP contribution in [-0.4, -0.2) is 22.8 Å².